The number of sulfonamides is 1. The van der Waals surface area contributed by atoms with E-state index in [-0.39, 0.29) is 30.6 Å². The molecule has 0 radical (unpaired) electrons. The van der Waals surface area contributed by atoms with Gasteiger partial charge in [0.2, 0.25) is 15.9 Å². The van der Waals surface area contributed by atoms with E-state index in [2.05, 4.69) is 9.82 Å². The van der Waals surface area contributed by atoms with Crippen molar-refractivity contribution in [3.8, 4) is 5.69 Å². The zero-order valence-corrected chi connectivity index (χ0v) is 13.1. The molecular weight excluding hydrogens is 324 g/mol. The summed E-state index contributed by atoms with van der Waals surface area (Å²) in [6.45, 7) is 0. The summed E-state index contributed by atoms with van der Waals surface area (Å²) in [4.78, 5) is 0.116. The summed E-state index contributed by atoms with van der Waals surface area (Å²) < 4.78 is 55.1. The molecule has 1 aromatic carbocycles. The Morgan fingerprint density at radius 3 is 2.39 bits per heavy atom. The van der Waals surface area contributed by atoms with Crippen LogP contribution in [0.15, 0.2) is 47.6 Å². The van der Waals surface area contributed by atoms with Crippen LogP contribution in [0.25, 0.3) is 5.69 Å². The molecule has 0 unspecified atom stereocenters. The molecule has 1 aliphatic rings. The second-order valence-corrected chi connectivity index (χ2v) is 7.41. The smallest absolute Gasteiger partial charge is 0.241 e. The van der Waals surface area contributed by atoms with Crippen LogP contribution in [0.4, 0.5) is 8.78 Å². The van der Waals surface area contributed by atoms with Gasteiger partial charge in [0.25, 0.3) is 0 Å². The third-order valence-electron chi connectivity index (χ3n) is 3.95. The molecule has 2 aromatic rings. The van der Waals surface area contributed by atoms with Gasteiger partial charge >= 0.3 is 0 Å². The molecule has 1 fully saturated rings. The van der Waals surface area contributed by atoms with Crippen LogP contribution < -0.4 is 4.72 Å². The molecule has 1 N–H and O–H groups in total. The fourth-order valence-corrected chi connectivity index (χ4v) is 3.95. The summed E-state index contributed by atoms with van der Waals surface area (Å²) in [6, 6.07) is 7.59. The molecule has 0 amide bonds. The van der Waals surface area contributed by atoms with E-state index >= 15 is 0 Å². The van der Waals surface area contributed by atoms with Crippen molar-refractivity contribution in [2.75, 3.05) is 0 Å². The number of alkyl halides is 2. The Labute approximate surface area is 133 Å². The van der Waals surface area contributed by atoms with Crippen LogP contribution >= 0.6 is 0 Å². The fourth-order valence-electron chi connectivity index (χ4n) is 2.65. The molecule has 0 saturated heterocycles. The van der Waals surface area contributed by atoms with E-state index in [4.69, 9.17) is 0 Å². The SMILES string of the molecule is O=S(=O)(NC1CCC(F)(F)CC1)c1ccc(-n2cccn2)cc1. The van der Waals surface area contributed by atoms with E-state index in [0.29, 0.717) is 0 Å². The van der Waals surface area contributed by atoms with Gasteiger partial charge in [0.1, 0.15) is 0 Å². The van der Waals surface area contributed by atoms with Crippen molar-refractivity contribution in [2.24, 2.45) is 0 Å². The first kappa shape index (κ1) is 16.1. The Hall–Kier alpha value is -1.80. The normalized spacial score (nSPS) is 18.9. The standard InChI is InChI=1S/C15H17F2N3O2S/c16-15(17)8-6-12(7-9-15)19-23(21,22)14-4-2-13(3-5-14)20-11-1-10-18-20/h1-5,10-12,19H,6-9H2. The number of hydrogen-bond donors (Lipinski definition) is 1. The molecule has 124 valence electrons. The van der Waals surface area contributed by atoms with E-state index in [1.165, 1.54) is 12.1 Å². The quantitative estimate of drug-likeness (QED) is 0.930. The van der Waals surface area contributed by atoms with Crippen molar-refractivity contribution in [1.82, 2.24) is 14.5 Å². The molecule has 3 rings (SSSR count). The monoisotopic (exact) mass is 341 g/mol. The van der Waals surface area contributed by atoms with Gasteiger partial charge in [-0.05, 0) is 43.2 Å². The van der Waals surface area contributed by atoms with Crippen molar-refractivity contribution in [2.45, 2.75) is 42.5 Å². The maximum atomic E-state index is 13.1. The average molecular weight is 341 g/mol. The van der Waals surface area contributed by atoms with Gasteiger partial charge in [0.15, 0.2) is 0 Å². The van der Waals surface area contributed by atoms with Crippen molar-refractivity contribution in [3.63, 3.8) is 0 Å². The number of nitrogens with zero attached hydrogens (tertiary/aromatic N) is 2. The summed E-state index contributed by atoms with van der Waals surface area (Å²) in [5, 5.41) is 4.07. The van der Waals surface area contributed by atoms with E-state index in [1.54, 1.807) is 35.3 Å². The maximum absolute atomic E-state index is 13.1. The largest absolute Gasteiger partial charge is 0.248 e. The summed E-state index contributed by atoms with van der Waals surface area (Å²) in [6.07, 6.45) is 3.13. The summed E-state index contributed by atoms with van der Waals surface area (Å²) in [7, 11) is -3.71. The molecule has 1 aliphatic carbocycles. The minimum atomic E-state index is -3.71. The highest BCUT2D eigenvalue weighted by Crippen LogP contribution is 2.33. The molecule has 23 heavy (non-hydrogen) atoms. The van der Waals surface area contributed by atoms with E-state index in [1.807, 2.05) is 0 Å². The van der Waals surface area contributed by atoms with Crippen molar-refractivity contribution >= 4 is 10.0 Å². The first-order valence-electron chi connectivity index (χ1n) is 7.36. The molecule has 0 bridgehead atoms. The Kier molecular flexibility index (Phi) is 4.20. The molecular formula is C15H17F2N3O2S. The number of rotatable bonds is 4. The van der Waals surface area contributed by atoms with Gasteiger partial charge in [-0.25, -0.2) is 26.6 Å². The summed E-state index contributed by atoms with van der Waals surface area (Å²) in [5.74, 6) is -2.67. The lowest BCUT2D eigenvalue weighted by Crippen LogP contribution is -2.40. The highest BCUT2D eigenvalue weighted by molar-refractivity contribution is 7.89. The third kappa shape index (κ3) is 3.76. The Morgan fingerprint density at radius 1 is 1.17 bits per heavy atom. The molecule has 0 spiro atoms. The average Bonchev–Trinajstić information content (AvgIpc) is 3.04. The van der Waals surface area contributed by atoms with Gasteiger partial charge in [-0.3, -0.25) is 0 Å². The topological polar surface area (TPSA) is 64.0 Å². The highest BCUT2D eigenvalue weighted by Gasteiger charge is 2.36. The molecule has 5 nitrogen and oxygen atoms in total. The number of aromatic nitrogens is 2. The predicted molar refractivity (Wildman–Crippen MR) is 81.1 cm³/mol. The second-order valence-electron chi connectivity index (χ2n) is 5.70. The molecule has 1 heterocycles. The molecule has 0 aliphatic heterocycles. The number of nitrogens with one attached hydrogen (secondary N) is 1. The zero-order valence-electron chi connectivity index (χ0n) is 12.3. The van der Waals surface area contributed by atoms with Gasteiger partial charge < -0.3 is 0 Å². The Bertz CT molecular complexity index is 749. The molecule has 8 heteroatoms. The van der Waals surface area contributed by atoms with Gasteiger partial charge in [0.05, 0.1) is 10.6 Å². The molecule has 1 saturated carbocycles. The highest BCUT2D eigenvalue weighted by atomic mass is 32.2. The van der Waals surface area contributed by atoms with Crippen LogP contribution in [0.5, 0.6) is 0 Å². The summed E-state index contributed by atoms with van der Waals surface area (Å²) >= 11 is 0. The minimum Gasteiger partial charge on any atom is -0.241 e. The Balaban J connectivity index is 1.70. The zero-order chi connectivity index (χ0) is 16.5. The van der Waals surface area contributed by atoms with Crippen LogP contribution in [0, 0.1) is 0 Å². The minimum absolute atomic E-state index is 0.116. The number of benzene rings is 1. The Morgan fingerprint density at radius 2 is 1.83 bits per heavy atom. The first-order valence-corrected chi connectivity index (χ1v) is 8.84. The van der Waals surface area contributed by atoms with Gasteiger partial charge in [-0.1, -0.05) is 0 Å². The van der Waals surface area contributed by atoms with Crippen LogP contribution in [0.1, 0.15) is 25.7 Å². The van der Waals surface area contributed by atoms with Crippen LogP contribution in [0.2, 0.25) is 0 Å². The van der Waals surface area contributed by atoms with Gasteiger partial charge in [-0.2, -0.15) is 5.10 Å². The van der Waals surface area contributed by atoms with Crippen molar-refractivity contribution in [1.29, 1.82) is 0 Å². The molecule has 0 atom stereocenters. The third-order valence-corrected chi connectivity index (χ3v) is 5.49. The lowest BCUT2D eigenvalue weighted by atomic mass is 9.93. The van der Waals surface area contributed by atoms with Gasteiger partial charge in [0, 0.05) is 31.3 Å². The van der Waals surface area contributed by atoms with Gasteiger partial charge in [-0.15, -0.1) is 0 Å². The number of hydrogen-bond acceptors (Lipinski definition) is 3. The van der Waals surface area contributed by atoms with E-state index in [9.17, 15) is 17.2 Å². The lowest BCUT2D eigenvalue weighted by molar-refractivity contribution is -0.0387. The van der Waals surface area contributed by atoms with E-state index in [0.717, 1.165) is 5.69 Å². The maximum Gasteiger partial charge on any atom is 0.248 e. The van der Waals surface area contributed by atoms with Crippen LogP contribution in [0.3, 0.4) is 0 Å². The van der Waals surface area contributed by atoms with E-state index < -0.39 is 22.0 Å². The lowest BCUT2D eigenvalue weighted by Gasteiger charge is -2.28. The first-order chi connectivity index (χ1) is 10.9. The second kappa shape index (κ2) is 6.01. The van der Waals surface area contributed by atoms with Crippen LogP contribution in [-0.4, -0.2) is 30.2 Å². The fraction of sp³-hybridized carbons (Fsp3) is 0.400. The van der Waals surface area contributed by atoms with Crippen molar-refractivity contribution < 1.29 is 17.2 Å². The predicted octanol–water partition coefficient (Wildman–Crippen LogP) is 2.73. The number of halogens is 2. The van der Waals surface area contributed by atoms with Crippen LogP contribution in [-0.2, 0) is 10.0 Å². The summed E-state index contributed by atoms with van der Waals surface area (Å²) in [5.41, 5.74) is 0.742. The molecule has 1 aromatic heterocycles. The van der Waals surface area contributed by atoms with Crippen molar-refractivity contribution in [3.05, 3.63) is 42.7 Å².